The zero-order valence-corrected chi connectivity index (χ0v) is 13.6. The van der Waals surface area contributed by atoms with Crippen molar-refractivity contribution in [2.45, 2.75) is 26.1 Å². The van der Waals surface area contributed by atoms with Crippen molar-refractivity contribution in [1.29, 1.82) is 0 Å². The predicted octanol–water partition coefficient (Wildman–Crippen LogP) is 3.25. The summed E-state index contributed by atoms with van der Waals surface area (Å²) in [6.45, 7) is 3.63. The molecule has 1 fully saturated rings. The molecule has 24 heavy (non-hydrogen) atoms. The van der Waals surface area contributed by atoms with Gasteiger partial charge in [0.1, 0.15) is 0 Å². The molecule has 3 N–H and O–H groups in total. The third kappa shape index (κ3) is 3.58. The highest BCUT2D eigenvalue weighted by atomic mass is 16.5. The Hall–Kier alpha value is -2.37. The molecule has 3 rings (SSSR count). The number of hydrogen-bond acceptors (Lipinski definition) is 4. The number of anilines is 1. The number of nitrogens with two attached hydrogens (primary N) is 1. The Morgan fingerprint density at radius 3 is 2.88 bits per heavy atom. The van der Waals surface area contributed by atoms with E-state index in [-0.39, 0.29) is 11.7 Å². The van der Waals surface area contributed by atoms with Crippen LogP contribution in [-0.4, -0.2) is 30.4 Å². The Morgan fingerprint density at radius 1 is 1.33 bits per heavy atom. The Morgan fingerprint density at radius 2 is 2.17 bits per heavy atom. The topological polar surface area (TPSA) is 81.8 Å². The fourth-order valence-corrected chi connectivity index (χ4v) is 2.82. The third-order valence-electron chi connectivity index (χ3n) is 4.31. The zero-order chi connectivity index (χ0) is 17.1. The maximum absolute atomic E-state index is 11.4. The van der Waals surface area contributed by atoms with Crippen molar-refractivity contribution >= 4 is 11.7 Å². The van der Waals surface area contributed by atoms with Crippen LogP contribution in [0.5, 0.6) is 0 Å². The average Bonchev–Trinajstić information content (AvgIpc) is 3.09. The number of carboxylic acids is 1. The first-order chi connectivity index (χ1) is 11.5. The van der Waals surface area contributed by atoms with E-state index in [4.69, 9.17) is 15.2 Å². The summed E-state index contributed by atoms with van der Waals surface area (Å²) in [4.78, 5) is 11.4. The molecule has 5 heteroatoms. The Balaban J connectivity index is 1.84. The van der Waals surface area contributed by atoms with Gasteiger partial charge in [0.25, 0.3) is 0 Å². The van der Waals surface area contributed by atoms with Gasteiger partial charge in [-0.05, 0) is 53.8 Å². The highest BCUT2D eigenvalue weighted by Crippen LogP contribution is 2.28. The van der Waals surface area contributed by atoms with E-state index in [1.807, 2.05) is 30.3 Å². The number of benzene rings is 2. The molecule has 1 saturated heterocycles. The van der Waals surface area contributed by atoms with Gasteiger partial charge in [-0.25, -0.2) is 4.79 Å². The van der Waals surface area contributed by atoms with E-state index in [2.05, 4.69) is 0 Å². The first-order valence-electron chi connectivity index (χ1n) is 7.96. The van der Waals surface area contributed by atoms with Gasteiger partial charge in [-0.15, -0.1) is 0 Å². The summed E-state index contributed by atoms with van der Waals surface area (Å²) in [5.74, 6) is -0.971. The lowest BCUT2D eigenvalue weighted by atomic mass is 9.97. The Bertz CT molecular complexity index is 751. The van der Waals surface area contributed by atoms with E-state index in [0.29, 0.717) is 24.5 Å². The van der Waals surface area contributed by atoms with Crippen LogP contribution in [0.15, 0.2) is 36.4 Å². The van der Waals surface area contributed by atoms with Crippen LogP contribution in [-0.2, 0) is 16.1 Å². The van der Waals surface area contributed by atoms with Crippen LogP contribution in [0.2, 0.25) is 0 Å². The molecule has 1 aliphatic rings. The summed E-state index contributed by atoms with van der Waals surface area (Å²) in [5, 5.41) is 9.33. The fraction of sp³-hybridized carbons (Fsp3) is 0.316. The van der Waals surface area contributed by atoms with E-state index in [0.717, 1.165) is 29.7 Å². The van der Waals surface area contributed by atoms with E-state index in [1.165, 1.54) is 0 Å². The summed E-state index contributed by atoms with van der Waals surface area (Å²) in [5.41, 5.74) is 10.0. The van der Waals surface area contributed by atoms with E-state index in [1.54, 1.807) is 13.0 Å². The first kappa shape index (κ1) is 16.5. The molecular weight excluding hydrogens is 306 g/mol. The van der Waals surface area contributed by atoms with Crippen molar-refractivity contribution in [1.82, 2.24) is 0 Å². The molecule has 5 nitrogen and oxygen atoms in total. The standard InChI is InChI=1S/C19H21NO4/c1-12-17(19(21)22)8-15(9-18(12)20)14-4-2-3-13(7-14)10-24-16-5-6-23-11-16/h2-4,7-9,16H,5-6,10-11,20H2,1H3,(H,21,22). The lowest BCUT2D eigenvalue weighted by Gasteiger charge is -2.12. The van der Waals surface area contributed by atoms with Crippen LogP contribution in [0.4, 0.5) is 5.69 Å². The molecule has 1 aliphatic heterocycles. The summed E-state index contributed by atoms with van der Waals surface area (Å²) in [6, 6.07) is 11.4. The molecular formula is C19H21NO4. The first-order valence-corrected chi connectivity index (χ1v) is 7.96. The third-order valence-corrected chi connectivity index (χ3v) is 4.31. The SMILES string of the molecule is Cc1c(N)cc(-c2cccc(COC3CCOC3)c2)cc1C(=O)O. The minimum Gasteiger partial charge on any atom is -0.478 e. The van der Waals surface area contributed by atoms with Gasteiger partial charge in [0.2, 0.25) is 0 Å². The van der Waals surface area contributed by atoms with E-state index >= 15 is 0 Å². The van der Waals surface area contributed by atoms with E-state index < -0.39 is 5.97 Å². The summed E-state index contributed by atoms with van der Waals surface area (Å²) in [7, 11) is 0. The van der Waals surface area contributed by atoms with E-state index in [9.17, 15) is 9.90 Å². The second-order valence-electron chi connectivity index (χ2n) is 6.04. The number of carbonyl (C=O) groups is 1. The second kappa shape index (κ2) is 7.03. The second-order valence-corrected chi connectivity index (χ2v) is 6.04. The molecule has 0 aliphatic carbocycles. The molecule has 1 unspecified atom stereocenters. The molecule has 2 aromatic rings. The van der Waals surface area contributed by atoms with Gasteiger partial charge in [0.15, 0.2) is 0 Å². The van der Waals surface area contributed by atoms with Crippen molar-refractivity contribution in [3.8, 4) is 11.1 Å². The Labute approximate surface area is 141 Å². The highest BCUT2D eigenvalue weighted by Gasteiger charge is 2.16. The van der Waals surface area contributed by atoms with Crippen LogP contribution in [0.1, 0.15) is 27.9 Å². The number of rotatable bonds is 5. The average molecular weight is 327 g/mol. The van der Waals surface area contributed by atoms with Crippen molar-refractivity contribution in [3.63, 3.8) is 0 Å². The van der Waals surface area contributed by atoms with Gasteiger partial charge in [-0.3, -0.25) is 0 Å². The van der Waals surface area contributed by atoms with Gasteiger partial charge in [0.05, 0.1) is 24.9 Å². The number of hydrogen-bond donors (Lipinski definition) is 2. The van der Waals surface area contributed by atoms with Gasteiger partial charge in [0, 0.05) is 12.3 Å². The maximum Gasteiger partial charge on any atom is 0.336 e. The lowest BCUT2D eigenvalue weighted by molar-refractivity contribution is 0.0318. The minimum atomic E-state index is -0.971. The molecule has 0 aromatic heterocycles. The summed E-state index contributed by atoms with van der Waals surface area (Å²) in [6.07, 6.45) is 1.08. The summed E-state index contributed by atoms with van der Waals surface area (Å²) >= 11 is 0. The number of aromatic carboxylic acids is 1. The predicted molar refractivity (Wildman–Crippen MR) is 92.0 cm³/mol. The van der Waals surface area contributed by atoms with Crippen molar-refractivity contribution in [2.24, 2.45) is 0 Å². The number of carboxylic acid groups (broad SMARTS) is 1. The Kier molecular flexibility index (Phi) is 4.83. The molecule has 1 heterocycles. The summed E-state index contributed by atoms with van der Waals surface area (Å²) < 4.78 is 11.1. The quantitative estimate of drug-likeness (QED) is 0.824. The van der Waals surface area contributed by atoms with Gasteiger partial charge >= 0.3 is 5.97 Å². The number of ether oxygens (including phenoxy) is 2. The maximum atomic E-state index is 11.4. The smallest absolute Gasteiger partial charge is 0.336 e. The van der Waals surface area contributed by atoms with Crippen LogP contribution in [0.3, 0.4) is 0 Å². The molecule has 126 valence electrons. The van der Waals surface area contributed by atoms with Crippen molar-refractivity contribution < 1.29 is 19.4 Å². The highest BCUT2D eigenvalue weighted by molar-refractivity contribution is 5.93. The van der Waals surface area contributed by atoms with Crippen molar-refractivity contribution in [3.05, 3.63) is 53.1 Å². The molecule has 1 atom stereocenters. The van der Waals surface area contributed by atoms with Gasteiger partial charge in [-0.1, -0.05) is 18.2 Å². The largest absolute Gasteiger partial charge is 0.478 e. The molecule has 0 spiro atoms. The lowest BCUT2D eigenvalue weighted by Crippen LogP contribution is -2.11. The van der Waals surface area contributed by atoms with Crippen LogP contribution in [0.25, 0.3) is 11.1 Å². The zero-order valence-electron chi connectivity index (χ0n) is 13.6. The molecule has 2 aromatic carbocycles. The molecule has 0 radical (unpaired) electrons. The minimum absolute atomic E-state index is 0.155. The molecule has 0 amide bonds. The van der Waals surface area contributed by atoms with Gasteiger partial charge in [-0.2, -0.15) is 0 Å². The number of nitrogen functional groups attached to an aromatic ring is 1. The van der Waals surface area contributed by atoms with Crippen LogP contribution in [0, 0.1) is 6.92 Å². The molecule has 0 bridgehead atoms. The normalized spacial score (nSPS) is 17.1. The van der Waals surface area contributed by atoms with Gasteiger partial charge < -0.3 is 20.3 Å². The van der Waals surface area contributed by atoms with Crippen LogP contribution < -0.4 is 5.73 Å². The van der Waals surface area contributed by atoms with Crippen molar-refractivity contribution in [2.75, 3.05) is 18.9 Å². The fourth-order valence-electron chi connectivity index (χ4n) is 2.82. The van der Waals surface area contributed by atoms with Crippen LogP contribution >= 0.6 is 0 Å². The monoisotopic (exact) mass is 327 g/mol. The molecule has 0 saturated carbocycles.